The molecule has 1 aliphatic carbocycles. The van der Waals surface area contributed by atoms with Crippen LogP contribution in [0.5, 0.6) is 0 Å². The lowest BCUT2D eigenvalue weighted by atomic mass is 10.1. The highest BCUT2D eigenvalue weighted by Gasteiger charge is 2.30. The van der Waals surface area contributed by atoms with Crippen molar-refractivity contribution in [3.8, 4) is 11.3 Å². The van der Waals surface area contributed by atoms with Crippen LogP contribution in [-0.2, 0) is 17.9 Å². The number of aryl methyl sites for hydroxylation is 1. The summed E-state index contributed by atoms with van der Waals surface area (Å²) in [5, 5.41) is 11.2. The van der Waals surface area contributed by atoms with Gasteiger partial charge in [-0.25, -0.2) is 14.8 Å². The molecule has 10 heteroatoms. The first-order valence-electron chi connectivity index (χ1n) is 10.9. The standard InChI is InChI=1S/C23H28BrN5O3Si/c1-33(2,3)9-8-32-14-29-19(16-5-7-20(25-11-16)28-23(30)31)13-27-22(29)18-6-4-15-10-17(24)12-26-21(15)18/h5,7,10-13,18H,4,6,8-9,14H2,1-3H3,(H,25,28)(H,30,31). The highest BCUT2D eigenvalue weighted by Crippen LogP contribution is 2.38. The number of anilines is 1. The number of amides is 1. The first kappa shape index (κ1) is 23.6. The first-order chi connectivity index (χ1) is 15.7. The molecule has 1 aliphatic rings. The molecular weight excluding hydrogens is 502 g/mol. The number of halogens is 1. The van der Waals surface area contributed by atoms with Gasteiger partial charge in [0.1, 0.15) is 18.4 Å². The van der Waals surface area contributed by atoms with Crippen LogP contribution in [0.3, 0.4) is 0 Å². The second kappa shape index (κ2) is 9.74. The average molecular weight is 530 g/mol. The summed E-state index contributed by atoms with van der Waals surface area (Å²) in [5.74, 6) is 1.31. The highest BCUT2D eigenvalue weighted by molar-refractivity contribution is 9.10. The van der Waals surface area contributed by atoms with E-state index in [1.165, 1.54) is 5.56 Å². The number of carboxylic acid groups (broad SMARTS) is 1. The second-order valence-electron chi connectivity index (χ2n) is 9.43. The first-order valence-corrected chi connectivity index (χ1v) is 15.4. The molecule has 3 aromatic heterocycles. The van der Waals surface area contributed by atoms with E-state index < -0.39 is 14.2 Å². The molecule has 3 heterocycles. The zero-order valence-electron chi connectivity index (χ0n) is 19.0. The molecule has 0 radical (unpaired) electrons. The van der Waals surface area contributed by atoms with E-state index in [1.54, 1.807) is 12.3 Å². The van der Waals surface area contributed by atoms with E-state index in [2.05, 4.69) is 56.5 Å². The van der Waals surface area contributed by atoms with Crippen molar-refractivity contribution in [1.29, 1.82) is 0 Å². The van der Waals surface area contributed by atoms with E-state index >= 15 is 0 Å². The average Bonchev–Trinajstić information content (AvgIpc) is 3.34. The molecule has 0 saturated heterocycles. The van der Waals surface area contributed by atoms with Crippen LogP contribution < -0.4 is 5.32 Å². The normalized spacial score (nSPS) is 15.5. The zero-order chi connectivity index (χ0) is 23.6. The SMILES string of the molecule is C[Si](C)(C)CCOCn1c(-c2ccc(NC(=O)O)nc2)cnc1C1CCc2cc(Br)cnc21. The van der Waals surface area contributed by atoms with Crippen molar-refractivity contribution in [1.82, 2.24) is 19.5 Å². The predicted octanol–water partition coefficient (Wildman–Crippen LogP) is 5.58. The summed E-state index contributed by atoms with van der Waals surface area (Å²) in [6, 6.07) is 6.72. The van der Waals surface area contributed by atoms with Crippen molar-refractivity contribution >= 4 is 35.9 Å². The van der Waals surface area contributed by atoms with Gasteiger partial charge in [-0.1, -0.05) is 19.6 Å². The lowest BCUT2D eigenvalue weighted by Crippen LogP contribution is -2.22. The minimum Gasteiger partial charge on any atom is -0.465 e. The van der Waals surface area contributed by atoms with E-state index in [0.717, 1.165) is 46.1 Å². The number of aromatic nitrogens is 4. The van der Waals surface area contributed by atoms with Crippen LogP contribution in [0.25, 0.3) is 11.3 Å². The number of fused-ring (bicyclic) bond motifs is 1. The fourth-order valence-corrected chi connectivity index (χ4v) is 5.13. The zero-order valence-corrected chi connectivity index (χ0v) is 21.6. The number of nitrogens with zero attached hydrogens (tertiary/aromatic N) is 4. The third-order valence-electron chi connectivity index (χ3n) is 5.71. The van der Waals surface area contributed by atoms with Crippen molar-refractivity contribution < 1.29 is 14.6 Å². The minimum atomic E-state index is -1.20. The number of pyridine rings is 2. The number of carbonyl (C=O) groups is 1. The van der Waals surface area contributed by atoms with Crippen LogP contribution in [0.15, 0.2) is 41.3 Å². The summed E-state index contributed by atoms with van der Waals surface area (Å²) in [4.78, 5) is 24.6. The maximum Gasteiger partial charge on any atom is 0.410 e. The third kappa shape index (κ3) is 5.68. The molecule has 0 bridgehead atoms. The summed E-state index contributed by atoms with van der Waals surface area (Å²) in [7, 11) is -1.20. The van der Waals surface area contributed by atoms with Gasteiger partial charge in [0.05, 0.1) is 23.5 Å². The Morgan fingerprint density at radius 2 is 2.06 bits per heavy atom. The van der Waals surface area contributed by atoms with Crippen molar-refractivity contribution in [3.63, 3.8) is 0 Å². The summed E-state index contributed by atoms with van der Waals surface area (Å²) < 4.78 is 9.21. The van der Waals surface area contributed by atoms with Crippen molar-refractivity contribution in [2.75, 3.05) is 11.9 Å². The molecule has 1 unspecified atom stereocenters. The van der Waals surface area contributed by atoms with Crippen molar-refractivity contribution in [3.05, 3.63) is 58.3 Å². The number of hydrogen-bond donors (Lipinski definition) is 2. The molecule has 0 aromatic carbocycles. The van der Waals surface area contributed by atoms with Crippen LogP contribution >= 0.6 is 15.9 Å². The molecule has 0 spiro atoms. The quantitative estimate of drug-likeness (QED) is 0.291. The fourth-order valence-electron chi connectivity index (χ4n) is 3.99. The maximum absolute atomic E-state index is 10.9. The van der Waals surface area contributed by atoms with Gasteiger partial charge >= 0.3 is 6.09 Å². The molecule has 0 saturated carbocycles. The van der Waals surface area contributed by atoms with E-state index in [-0.39, 0.29) is 11.7 Å². The smallest absolute Gasteiger partial charge is 0.410 e. The monoisotopic (exact) mass is 529 g/mol. The molecule has 174 valence electrons. The van der Waals surface area contributed by atoms with Crippen molar-refractivity contribution in [2.45, 2.75) is 51.2 Å². The van der Waals surface area contributed by atoms with E-state index in [1.807, 2.05) is 18.5 Å². The number of imidazole rings is 1. The molecule has 2 N–H and O–H groups in total. The van der Waals surface area contributed by atoms with Gasteiger partial charge < -0.3 is 14.4 Å². The molecule has 33 heavy (non-hydrogen) atoms. The number of ether oxygens (including phenoxy) is 1. The van der Waals surface area contributed by atoms with E-state index in [4.69, 9.17) is 19.8 Å². The lowest BCUT2D eigenvalue weighted by Gasteiger charge is -2.19. The van der Waals surface area contributed by atoms with E-state index in [9.17, 15) is 4.79 Å². The highest BCUT2D eigenvalue weighted by atomic mass is 79.9. The minimum absolute atomic E-state index is 0.100. The molecular formula is C23H28BrN5O3Si. The largest absolute Gasteiger partial charge is 0.465 e. The van der Waals surface area contributed by atoms with Crippen molar-refractivity contribution in [2.24, 2.45) is 0 Å². The van der Waals surface area contributed by atoms with Crippen LogP contribution in [0, 0.1) is 0 Å². The topological polar surface area (TPSA) is 102 Å². The summed E-state index contributed by atoms with van der Waals surface area (Å²) in [6.07, 6.45) is 6.11. The molecule has 1 amide bonds. The molecule has 3 aromatic rings. The summed E-state index contributed by atoms with van der Waals surface area (Å²) in [5.41, 5.74) is 4.05. The molecule has 0 fully saturated rings. The van der Waals surface area contributed by atoms with Gasteiger partial charge in [0.2, 0.25) is 0 Å². The summed E-state index contributed by atoms with van der Waals surface area (Å²) >= 11 is 3.52. The van der Waals surface area contributed by atoms with Gasteiger partial charge in [0, 0.05) is 37.1 Å². The molecule has 0 aliphatic heterocycles. The third-order valence-corrected chi connectivity index (χ3v) is 7.85. The van der Waals surface area contributed by atoms with Gasteiger partial charge in [0.15, 0.2) is 0 Å². The lowest BCUT2D eigenvalue weighted by molar-refractivity contribution is 0.0857. The fraction of sp³-hybridized carbons (Fsp3) is 0.391. The number of rotatable bonds is 8. The Hall–Kier alpha value is -2.56. The second-order valence-corrected chi connectivity index (χ2v) is 16.0. The Morgan fingerprint density at radius 1 is 1.24 bits per heavy atom. The van der Waals surface area contributed by atoms with Gasteiger partial charge in [-0.15, -0.1) is 0 Å². The van der Waals surface area contributed by atoms with Gasteiger partial charge in [-0.3, -0.25) is 10.3 Å². The van der Waals surface area contributed by atoms with Gasteiger partial charge in [-0.05, 0) is 58.6 Å². The Kier molecular flexibility index (Phi) is 6.96. The van der Waals surface area contributed by atoms with Gasteiger partial charge in [0.25, 0.3) is 0 Å². The van der Waals surface area contributed by atoms with Crippen LogP contribution in [0.4, 0.5) is 10.6 Å². The van der Waals surface area contributed by atoms with Crippen LogP contribution in [-0.4, -0.2) is 45.4 Å². The Labute approximate surface area is 202 Å². The Balaban J connectivity index is 1.65. The Morgan fingerprint density at radius 3 is 2.76 bits per heavy atom. The number of hydrogen-bond acceptors (Lipinski definition) is 5. The molecule has 1 atom stereocenters. The maximum atomic E-state index is 10.9. The van der Waals surface area contributed by atoms with Crippen LogP contribution in [0.2, 0.25) is 25.7 Å². The van der Waals surface area contributed by atoms with E-state index in [0.29, 0.717) is 13.3 Å². The predicted molar refractivity (Wildman–Crippen MR) is 133 cm³/mol. The molecule has 4 rings (SSSR count). The Bertz CT molecular complexity index is 1140. The number of nitrogens with one attached hydrogen (secondary N) is 1. The van der Waals surface area contributed by atoms with Crippen LogP contribution in [0.1, 0.15) is 29.4 Å². The summed E-state index contributed by atoms with van der Waals surface area (Å²) in [6.45, 7) is 8.11. The molecule has 8 nitrogen and oxygen atoms in total. The van der Waals surface area contributed by atoms with Gasteiger partial charge in [-0.2, -0.15) is 0 Å².